The van der Waals surface area contributed by atoms with Crippen molar-refractivity contribution >= 4 is 39.1 Å². The number of nitrogens with zero attached hydrogens (tertiary/aromatic N) is 5. The number of aromatic nitrogens is 5. The molecule has 3 N–H and O–H groups in total. The third kappa shape index (κ3) is 2.66. The van der Waals surface area contributed by atoms with Crippen LogP contribution in [0.5, 0.6) is 0 Å². The highest BCUT2D eigenvalue weighted by Crippen LogP contribution is 2.32. The maximum atomic E-state index is 6.00. The molecule has 0 bridgehead atoms. The van der Waals surface area contributed by atoms with Gasteiger partial charge in [-0.15, -0.1) is 0 Å². The fourth-order valence-corrected chi connectivity index (χ4v) is 2.84. The highest BCUT2D eigenvalue weighted by molar-refractivity contribution is 7.18. The van der Waals surface area contributed by atoms with E-state index in [1.807, 2.05) is 13.2 Å². The zero-order valence-electron chi connectivity index (χ0n) is 12.4. The number of anilines is 3. The van der Waals surface area contributed by atoms with Gasteiger partial charge in [0.15, 0.2) is 10.6 Å². The van der Waals surface area contributed by atoms with Gasteiger partial charge in [0.25, 0.3) is 0 Å². The van der Waals surface area contributed by atoms with E-state index in [0.29, 0.717) is 17.3 Å². The van der Waals surface area contributed by atoms with Crippen LogP contribution in [-0.4, -0.2) is 24.7 Å². The van der Waals surface area contributed by atoms with E-state index in [9.17, 15) is 0 Å². The largest absolute Gasteiger partial charge is 0.382 e. The second-order valence-electron chi connectivity index (χ2n) is 5.88. The molecule has 0 aliphatic rings. The van der Waals surface area contributed by atoms with Crippen molar-refractivity contribution in [3.8, 4) is 0 Å². The molecule has 0 saturated carbocycles. The number of nitrogens with two attached hydrogens (primary N) is 1. The van der Waals surface area contributed by atoms with Crippen LogP contribution in [0, 0.1) is 0 Å². The van der Waals surface area contributed by atoms with Crippen molar-refractivity contribution < 1.29 is 0 Å². The van der Waals surface area contributed by atoms with E-state index in [2.05, 4.69) is 46.1 Å². The Labute approximate surface area is 126 Å². The molecule has 0 radical (unpaired) electrons. The summed E-state index contributed by atoms with van der Waals surface area (Å²) in [6.07, 6.45) is 3.55. The minimum absolute atomic E-state index is 0.0330. The van der Waals surface area contributed by atoms with Gasteiger partial charge < -0.3 is 11.1 Å². The summed E-state index contributed by atoms with van der Waals surface area (Å²) in [6, 6.07) is 0. The minimum atomic E-state index is -0.0330. The van der Waals surface area contributed by atoms with Crippen molar-refractivity contribution in [2.24, 2.45) is 7.05 Å². The second kappa shape index (κ2) is 4.66. The number of rotatable bonds is 2. The van der Waals surface area contributed by atoms with Crippen LogP contribution in [0.25, 0.3) is 10.3 Å². The maximum absolute atomic E-state index is 6.00. The molecule has 0 aliphatic carbocycles. The Morgan fingerprint density at radius 1 is 1.24 bits per heavy atom. The molecule has 0 unspecified atom stereocenters. The Balaban J connectivity index is 2.02. The van der Waals surface area contributed by atoms with Crippen LogP contribution in [0.4, 0.5) is 17.5 Å². The molecular formula is C13H17N7S. The third-order valence-electron chi connectivity index (χ3n) is 2.89. The molecule has 0 aliphatic heterocycles. The molecule has 110 valence electrons. The fraction of sp³-hybridized carbons (Fsp3) is 0.385. The molecule has 0 saturated heterocycles. The van der Waals surface area contributed by atoms with Gasteiger partial charge in [-0.3, -0.25) is 4.68 Å². The first kappa shape index (κ1) is 13.7. The van der Waals surface area contributed by atoms with Crippen molar-refractivity contribution in [2.75, 3.05) is 11.1 Å². The molecule has 3 heterocycles. The normalized spacial score (nSPS) is 12.0. The van der Waals surface area contributed by atoms with Gasteiger partial charge in [-0.05, 0) is 0 Å². The average Bonchev–Trinajstić information content (AvgIpc) is 2.95. The molecule has 3 aromatic rings. The number of nitrogen functional groups attached to an aromatic ring is 1. The lowest BCUT2D eigenvalue weighted by molar-refractivity contribution is 0.587. The molecule has 0 atom stereocenters. The SMILES string of the molecule is Cn1cc(Nc2nc(N)c3nc(C(C)(C)C)sc3n2)cn1. The zero-order chi connectivity index (χ0) is 15.2. The second-order valence-corrected chi connectivity index (χ2v) is 6.86. The predicted molar refractivity (Wildman–Crippen MR) is 84.8 cm³/mol. The number of hydrogen-bond donors (Lipinski definition) is 2. The van der Waals surface area contributed by atoms with Crippen LogP contribution >= 0.6 is 11.3 Å². The molecular weight excluding hydrogens is 286 g/mol. The molecule has 3 rings (SSSR count). The lowest BCUT2D eigenvalue weighted by atomic mass is 9.98. The summed E-state index contributed by atoms with van der Waals surface area (Å²) < 4.78 is 1.70. The van der Waals surface area contributed by atoms with Gasteiger partial charge in [0.05, 0.1) is 11.9 Å². The summed E-state index contributed by atoms with van der Waals surface area (Å²) >= 11 is 1.55. The maximum Gasteiger partial charge on any atom is 0.230 e. The van der Waals surface area contributed by atoms with E-state index < -0.39 is 0 Å². The highest BCUT2D eigenvalue weighted by Gasteiger charge is 2.21. The summed E-state index contributed by atoms with van der Waals surface area (Å²) in [7, 11) is 1.85. The first-order chi connectivity index (χ1) is 9.83. The molecule has 0 fully saturated rings. The molecule has 0 amide bonds. The third-order valence-corrected chi connectivity index (χ3v) is 4.26. The van der Waals surface area contributed by atoms with Crippen molar-refractivity contribution in [1.29, 1.82) is 0 Å². The van der Waals surface area contributed by atoms with Crippen LogP contribution in [0.15, 0.2) is 12.4 Å². The Kier molecular flexibility index (Phi) is 3.05. The van der Waals surface area contributed by atoms with Crippen molar-refractivity contribution in [2.45, 2.75) is 26.2 Å². The summed E-state index contributed by atoms with van der Waals surface area (Å²) in [4.78, 5) is 14.1. The average molecular weight is 303 g/mol. The summed E-state index contributed by atoms with van der Waals surface area (Å²) in [5.74, 6) is 0.843. The van der Waals surface area contributed by atoms with Crippen LogP contribution < -0.4 is 11.1 Å². The van der Waals surface area contributed by atoms with E-state index in [4.69, 9.17) is 5.73 Å². The smallest absolute Gasteiger partial charge is 0.230 e. The molecule has 0 spiro atoms. The van der Waals surface area contributed by atoms with Crippen LogP contribution in [0.2, 0.25) is 0 Å². The van der Waals surface area contributed by atoms with E-state index in [1.165, 1.54) is 0 Å². The molecule has 0 aromatic carbocycles. The van der Waals surface area contributed by atoms with Gasteiger partial charge in [-0.2, -0.15) is 15.1 Å². The van der Waals surface area contributed by atoms with Crippen molar-refractivity contribution in [3.05, 3.63) is 17.4 Å². The van der Waals surface area contributed by atoms with Gasteiger partial charge >= 0.3 is 0 Å². The van der Waals surface area contributed by atoms with Crippen molar-refractivity contribution in [1.82, 2.24) is 24.7 Å². The van der Waals surface area contributed by atoms with E-state index in [-0.39, 0.29) is 5.41 Å². The number of nitrogens with one attached hydrogen (secondary N) is 1. The number of aryl methyl sites for hydroxylation is 1. The lowest BCUT2D eigenvalue weighted by Gasteiger charge is -2.12. The van der Waals surface area contributed by atoms with E-state index >= 15 is 0 Å². The molecule has 7 nitrogen and oxygen atoms in total. The highest BCUT2D eigenvalue weighted by atomic mass is 32.1. The standard InChI is InChI=1S/C13H17N7S/c1-13(2,3)11-17-8-9(14)18-12(19-10(8)21-11)16-7-5-15-20(4)6-7/h5-6H,1-4H3,(H3,14,16,18,19). The summed E-state index contributed by atoms with van der Waals surface area (Å²) in [5.41, 5.74) is 7.46. The predicted octanol–water partition coefficient (Wildman–Crippen LogP) is 2.44. The topological polar surface area (TPSA) is 94.5 Å². The monoisotopic (exact) mass is 303 g/mol. The summed E-state index contributed by atoms with van der Waals surface area (Å²) in [6.45, 7) is 6.34. The Morgan fingerprint density at radius 2 is 2.00 bits per heavy atom. The zero-order valence-corrected chi connectivity index (χ0v) is 13.2. The van der Waals surface area contributed by atoms with Crippen molar-refractivity contribution in [3.63, 3.8) is 0 Å². The number of thiazole rings is 1. The van der Waals surface area contributed by atoms with Gasteiger partial charge in [-0.25, -0.2) is 4.98 Å². The first-order valence-corrected chi connectivity index (χ1v) is 7.35. The Hall–Kier alpha value is -2.22. The fourth-order valence-electron chi connectivity index (χ4n) is 1.83. The summed E-state index contributed by atoms with van der Waals surface area (Å²) in [5, 5.41) is 8.19. The number of fused-ring (bicyclic) bond motifs is 1. The minimum Gasteiger partial charge on any atom is -0.382 e. The quantitative estimate of drug-likeness (QED) is 0.755. The van der Waals surface area contributed by atoms with E-state index in [1.54, 1.807) is 22.2 Å². The van der Waals surface area contributed by atoms with Crippen LogP contribution in [0.3, 0.4) is 0 Å². The Morgan fingerprint density at radius 3 is 2.62 bits per heavy atom. The van der Waals surface area contributed by atoms with Gasteiger partial charge in [0.2, 0.25) is 5.95 Å². The van der Waals surface area contributed by atoms with Gasteiger partial charge in [0, 0.05) is 18.7 Å². The molecule has 8 heteroatoms. The van der Waals surface area contributed by atoms with Gasteiger partial charge in [-0.1, -0.05) is 32.1 Å². The molecule has 21 heavy (non-hydrogen) atoms. The van der Waals surface area contributed by atoms with Crippen LogP contribution in [0.1, 0.15) is 25.8 Å². The first-order valence-electron chi connectivity index (χ1n) is 6.53. The van der Waals surface area contributed by atoms with E-state index in [0.717, 1.165) is 15.5 Å². The number of hydrogen-bond acceptors (Lipinski definition) is 7. The van der Waals surface area contributed by atoms with Gasteiger partial charge in [0.1, 0.15) is 10.5 Å². The lowest BCUT2D eigenvalue weighted by Crippen LogP contribution is -2.10. The molecule has 3 aromatic heterocycles. The Bertz CT molecular complexity index is 797. The van der Waals surface area contributed by atoms with Crippen LogP contribution in [-0.2, 0) is 12.5 Å².